The molecule has 0 bridgehead atoms. The molecule has 0 radical (unpaired) electrons. The SMILES string of the molecule is CC1(C)O[C@H]2[C@@H](O1)[C@@H](CO[C@@H]1O[C@H](COCc3ccccc3)[C@@H](O)[C@H](OCc3ccccc3)[C@H]1OC(=O)C(C)(C)C)O[C@@H]1OC(C)(C)O[C@@H]12. The largest absolute Gasteiger partial charge is 0.454 e. The van der Waals surface area contributed by atoms with Crippen LogP contribution in [0.4, 0.5) is 0 Å². The zero-order chi connectivity index (χ0) is 35.0. The third-order valence-electron chi connectivity index (χ3n) is 8.83. The highest BCUT2D eigenvalue weighted by atomic mass is 16.9. The van der Waals surface area contributed by atoms with Gasteiger partial charge in [0.25, 0.3) is 0 Å². The molecule has 0 aliphatic carbocycles. The Morgan fingerprint density at radius 1 is 0.714 bits per heavy atom. The van der Waals surface area contributed by atoms with Crippen molar-refractivity contribution in [3.8, 4) is 0 Å². The maximum Gasteiger partial charge on any atom is 0.311 e. The Morgan fingerprint density at radius 2 is 1.31 bits per heavy atom. The van der Waals surface area contributed by atoms with Crippen LogP contribution in [0.1, 0.15) is 59.6 Å². The normalized spacial score (nSPS) is 35.0. The van der Waals surface area contributed by atoms with Crippen LogP contribution >= 0.6 is 0 Å². The van der Waals surface area contributed by atoms with Gasteiger partial charge in [0.2, 0.25) is 0 Å². The van der Waals surface area contributed by atoms with E-state index in [0.29, 0.717) is 6.61 Å². The highest BCUT2D eigenvalue weighted by Gasteiger charge is 2.61. The fraction of sp³-hybridized carbons (Fsp3) is 0.649. The first-order valence-electron chi connectivity index (χ1n) is 17.0. The molecule has 270 valence electrons. The summed E-state index contributed by atoms with van der Waals surface area (Å²) in [5.74, 6) is -2.27. The molecule has 6 rings (SSSR count). The molecule has 1 N–H and O–H groups in total. The van der Waals surface area contributed by atoms with Gasteiger partial charge in [0.05, 0.1) is 31.8 Å². The van der Waals surface area contributed by atoms with Gasteiger partial charge < -0.3 is 52.5 Å². The number of ether oxygens (including phenoxy) is 10. The first kappa shape index (κ1) is 36.3. The molecule has 0 saturated carbocycles. The average Bonchev–Trinajstić information content (AvgIpc) is 3.55. The lowest BCUT2D eigenvalue weighted by atomic mass is 9.95. The molecule has 49 heavy (non-hydrogen) atoms. The summed E-state index contributed by atoms with van der Waals surface area (Å²) >= 11 is 0. The van der Waals surface area contributed by atoms with Gasteiger partial charge in [-0.3, -0.25) is 4.79 Å². The fourth-order valence-electron chi connectivity index (χ4n) is 6.43. The molecular weight excluding hydrogens is 636 g/mol. The van der Waals surface area contributed by atoms with Gasteiger partial charge in [-0.2, -0.15) is 0 Å². The summed E-state index contributed by atoms with van der Waals surface area (Å²) < 4.78 is 62.3. The standard InChI is InChI=1S/C37H50O12/c1-35(2,3)34(39)45-30-28(41-19-23-16-12-9-13-17-23)26(38)24(20-40-18-22-14-10-8-11-15-22)43-32(30)42-21-25-27-29(47-36(4,5)46-27)31-33(44-25)49-37(6,7)48-31/h8-17,24-33,38H,18-21H2,1-7H3/t24-,25-,26-,27+,28+,29+,30-,31-,32-,33-/m1/s1. The molecule has 10 atom stereocenters. The van der Waals surface area contributed by atoms with Gasteiger partial charge >= 0.3 is 5.97 Å². The van der Waals surface area contributed by atoms with Crippen molar-refractivity contribution in [1.82, 2.24) is 0 Å². The third kappa shape index (κ3) is 8.70. The number of benzene rings is 2. The number of aliphatic hydroxyl groups is 1. The molecule has 0 spiro atoms. The zero-order valence-electron chi connectivity index (χ0n) is 29.3. The second-order valence-electron chi connectivity index (χ2n) is 15.0. The van der Waals surface area contributed by atoms with Crippen LogP contribution in [-0.4, -0.2) is 97.3 Å². The molecule has 12 heteroatoms. The van der Waals surface area contributed by atoms with E-state index < -0.39 is 84.4 Å². The van der Waals surface area contributed by atoms with E-state index in [4.69, 9.17) is 47.4 Å². The van der Waals surface area contributed by atoms with Crippen molar-refractivity contribution >= 4 is 5.97 Å². The highest BCUT2D eigenvalue weighted by molar-refractivity contribution is 5.75. The van der Waals surface area contributed by atoms with E-state index in [1.807, 2.05) is 88.4 Å². The van der Waals surface area contributed by atoms with Crippen molar-refractivity contribution in [2.75, 3.05) is 13.2 Å². The summed E-state index contributed by atoms with van der Waals surface area (Å²) in [5, 5.41) is 11.7. The minimum atomic E-state index is -1.22. The fourth-order valence-corrected chi connectivity index (χ4v) is 6.43. The first-order valence-corrected chi connectivity index (χ1v) is 17.0. The summed E-state index contributed by atoms with van der Waals surface area (Å²) in [5.41, 5.74) is 1.01. The first-order chi connectivity index (χ1) is 23.2. The lowest BCUT2D eigenvalue weighted by Crippen LogP contribution is -2.62. The van der Waals surface area contributed by atoms with Crippen LogP contribution in [0.15, 0.2) is 60.7 Å². The van der Waals surface area contributed by atoms with E-state index in [2.05, 4.69) is 0 Å². The molecule has 2 aromatic carbocycles. The van der Waals surface area contributed by atoms with Gasteiger partial charge in [-0.25, -0.2) is 0 Å². The van der Waals surface area contributed by atoms with E-state index in [1.165, 1.54) is 0 Å². The Labute approximate surface area is 288 Å². The predicted molar refractivity (Wildman–Crippen MR) is 174 cm³/mol. The number of rotatable bonds is 11. The maximum atomic E-state index is 13.3. The zero-order valence-corrected chi connectivity index (χ0v) is 29.3. The van der Waals surface area contributed by atoms with Gasteiger partial charge in [-0.05, 0) is 59.6 Å². The molecule has 2 aromatic rings. The molecule has 4 saturated heterocycles. The molecular formula is C37H50O12. The Hall–Kier alpha value is -2.49. The summed E-state index contributed by atoms with van der Waals surface area (Å²) in [6.07, 6.45) is -8.30. The minimum Gasteiger partial charge on any atom is -0.454 e. The van der Waals surface area contributed by atoms with Crippen molar-refractivity contribution in [1.29, 1.82) is 0 Å². The number of hydrogen-bond donors (Lipinski definition) is 1. The van der Waals surface area contributed by atoms with Crippen LogP contribution in [0.25, 0.3) is 0 Å². The van der Waals surface area contributed by atoms with E-state index in [1.54, 1.807) is 20.8 Å². The molecule has 4 aliphatic heterocycles. The Bertz CT molecular complexity index is 1380. The Morgan fingerprint density at radius 3 is 1.96 bits per heavy atom. The van der Waals surface area contributed by atoms with Gasteiger partial charge in [0.15, 0.2) is 30.3 Å². The molecule has 12 nitrogen and oxygen atoms in total. The number of fused-ring (bicyclic) bond motifs is 3. The summed E-state index contributed by atoms with van der Waals surface area (Å²) in [6, 6.07) is 19.3. The van der Waals surface area contributed by atoms with Crippen LogP contribution in [0.3, 0.4) is 0 Å². The second kappa shape index (κ2) is 14.6. The summed E-state index contributed by atoms with van der Waals surface area (Å²) in [4.78, 5) is 13.3. The van der Waals surface area contributed by atoms with Crippen molar-refractivity contribution in [3.05, 3.63) is 71.8 Å². The quantitative estimate of drug-likeness (QED) is 0.340. The lowest BCUT2D eigenvalue weighted by Gasteiger charge is -2.45. The number of carbonyl (C=O) groups is 1. The van der Waals surface area contributed by atoms with Crippen LogP contribution in [0.2, 0.25) is 0 Å². The van der Waals surface area contributed by atoms with Crippen LogP contribution in [0.5, 0.6) is 0 Å². The van der Waals surface area contributed by atoms with Crippen molar-refractivity contribution in [3.63, 3.8) is 0 Å². The highest BCUT2D eigenvalue weighted by Crippen LogP contribution is 2.44. The van der Waals surface area contributed by atoms with Crippen LogP contribution in [-0.2, 0) is 65.4 Å². The second-order valence-corrected chi connectivity index (χ2v) is 15.0. The molecule has 4 fully saturated rings. The van der Waals surface area contributed by atoms with Gasteiger partial charge in [-0.1, -0.05) is 60.7 Å². The van der Waals surface area contributed by atoms with Crippen molar-refractivity contribution in [2.45, 2.75) is 135 Å². The number of hydrogen-bond acceptors (Lipinski definition) is 12. The van der Waals surface area contributed by atoms with E-state index in [9.17, 15) is 9.90 Å². The number of carbonyl (C=O) groups excluding carboxylic acids is 1. The van der Waals surface area contributed by atoms with Crippen molar-refractivity contribution < 1.29 is 57.3 Å². The van der Waals surface area contributed by atoms with E-state index >= 15 is 0 Å². The van der Waals surface area contributed by atoms with Gasteiger partial charge in [0, 0.05) is 0 Å². The molecule has 0 aromatic heterocycles. The number of aliphatic hydroxyl groups excluding tert-OH is 1. The smallest absolute Gasteiger partial charge is 0.311 e. The number of esters is 1. The predicted octanol–water partition coefficient (Wildman–Crippen LogP) is 4.25. The topological polar surface area (TPSA) is 130 Å². The minimum absolute atomic E-state index is 0.0286. The van der Waals surface area contributed by atoms with E-state index in [0.717, 1.165) is 11.1 Å². The van der Waals surface area contributed by atoms with E-state index in [-0.39, 0.29) is 19.8 Å². The Kier molecular flexibility index (Phi) is 10.8. The summed E-state index contributed by atoms with van der Waals surface area (Å²) in [6.45, 7) is 13.0. The van der Waals surface area contributed by atoms with Crippen LogP contribution in [0, 0.1) is 5.41 Å². The van der Waals surface area contributed by atoms with Crippen LogP contribution < -0.4 is 0 Å². The maximum absolute atomic E-state index is 13.3. The lowest BCUT2D eigenvalue weighted by molar-refractivity contribution is -0.326. The van der Waals surface area contributed by atoms with Gasteiger partial charge in [0.1, 0.15) is 42.7 Å². The Balaban J connectivity index is 1.24. The van der Waals surface area contributed by atoms with Gasteiger partial charge in [-0.15, -0.1) is 0 Å². The van der Waals surface area contributed by atoms with Crippen molar-refractivity contribution in [2.24, 2.45) is 5.41 Å². The molecule has 0 amide bonds. The summed E-state index contributed by atoms with van der Waals surface area (Å²) in [7, 11) is 0. The third-order valence-corrected chi connectivity index (χ3v) is 8.83. The molecule has 4 heterocycles. The monoisotopic (exact) mass is 686 g/mol. The average molecular weight is 687 g/mol. The molecule has 4 aliphatic rings. The molecule has 0 unspecified atom stereocenters.